The first-order valence-corrected chi connectivity index (χ1v) is 7.63. The van der Waals surface area contributed by atoms with Gasteiger partial charge in [-0.1, -0.05) is 18.2 Å². The summed E-state index contributed by atoms with van der Waals surface area (Å²) in [7, 11) is 0. The summed E-state index contributed by atoms with van der Waals surface area (Å²) in [5.74, 6) is -0.00463. The molecule has 0 aliphatic carbocycles. The van der Waals surface area contributed by atoms with Crippen LogP contribution >= 0.6 is 0 Å². The van der Waals surface area contributed by atoms with Gasteiger partial charge in [0.15, 0.2) is 0 Å². The summed E-state index contributed by atoms with van der Waals surface area (Å²) in [6, 6.07) is 7.76. The van der Waals surface area contributed by atoms with Crippen LogP contribution in [0.4, 0.5) is 0 Å². The van der Waals surface area contributed by atoms with Crippen LogP contribution in [0, 0.1) is 0 Å². The van der Waals surface area contributed by atoms with Crippen LogP contribution in [0.3, 0.4) is 0 Å². The Labute approximate surface area is 129 Å². The Morgan fingerprint density at radius 3 is 2.86 bits per heavy atom. The second-order valence-electron chi connectivity index (χ2n) is 6.00. The summed E-state index contributed by atoms with van der Waals surface area (Å²) >= 11 is 0. The van der Waals surface area contributed by atoms with Crippen LogP contribution in [0.15, 0.2) is 30.5 Å². The summed E-state index contributed by atoms with van der Waals surface area (Å²) < 4.78 is 1.66. The number of fused-ring (bicyclic) bond motifs is 1. The van der Waals surface area contributed by atoms with Crippen molar-refractivity contribution in [2.24, 2.45) is 0 Å². The summed E-state index contributed by atoms with van der Waals surface area (Å²) in [5.41, 5.74) is -0.170. The molecule has 22 heavy (non-hydrogen) atoms. The van der Waals surface area contributed by atoms with E-state index in [4.69, 9.17) is 0 Å². The molecule has 1 amide bonds. The third-order valence-corrected chi connectivity index (χ3v) is 4.32. The Balaban J connectivity index is 1.66. The molecule has 1 aromatic carbocycles. The Bertz CT molecular complexity index is 636. The minimum Gasteiger partial charge on any atom is -0.393 e. The lowest BCUT2D eigenvalue weighted by atomic mass is 9.96. The van der Waals surface area contributed by atoms with Gasteiger partial charge in [0.25, 0.3) is 0 Å². The molecule has 1 fully saturated rings. The molecule has 2 aromatic rings. The molecule has 6 heteroatoms. The topological polar surface area (TPSA) is 78.6 Å². The largest absolute Gasteiger partial charge is 0.393 e. The fourth-order valence-corrected chi connectivity index (χ4v) is 2.92. The van der Waals surface area contributed by atoms with Crippen molar-refractivity contribution < 1.29 is 15.0 Å². The van der Waals surface area contributed by atoms with Crippen LogP contribution in [-0.2, 0) is 11.3 Å². The normalized spacial score (nSPS) is 22.7. The molecule has 2 N–H and O–H groups in total. The maximum Gasteiger partial charge on any atom is 0.244 e. The lowest BCUT2D eigenvalue weighted by Crippen LogP contribution is -2.37. The number of amides is 1. The molecule has 3 rings (SSSR count). The van der Waals surface area contributed by atoms with E-state index in [9.17, 15) is 15.0 Å². The number of aromatic nitrogens is 2. The third-order valence-electron chi connectivity index (χ3n) is 4.32. The zero-order valence-electron chi connectivity index (χ0n) is 12.5. The summed E-state index contributed by atoms with van der Waals surface area (Å²) in [6.45, 7) is 1.03. The molecule has 118 valence electrons. The number of nitrogens with zero attached hydrogens (tertiary/aromatic N) is 3. The number of benzene rings is 1. The lowest BCUT2D eigenvalue weighted by molar-refractivity contribution is -0.132. The summed E-state index contributed by atoms with van der Waals surface area (Å²) in [5, 5.41) is 24.8. The molecule has 0 radical (unpaired) electrons. The first-order valence-electron chi connectivity index (χ1n) is 7.63. The van der Waals surface area contributed by atoms with E-state index in [1.165, 1.54) is 0 Å². The highest BCUT2D eigenvalue weighted by Gasteiger charge is 2.30. The van der Waals surface area contributed by atoms with Crippen molar-refractivity contribution >= 4 is 16.8 Å². The number of rotatable bonds is 3. The van der Waals surface area contributed by atoms with Gasteiger partial charge in [0.1, 0.15) is 6.54 Å². The first kappa shape index (κ1) is 15.0. The molecule has 1 atom stereocenters. The fraction of sp³-hybridized carbons (Fsp3) is 0.500. The average molecular weight is 303 g/mol. The van der Waals surface area contributed by atoms with Crippen LogP contribution in [0.25, 0.3) is 10.9 Å². The predicted octanol–water partition coefficient (Wildman–Crippen LogP) is 0.772. The number of carbonyl (C=O) groups is 1. The van der Waals surface area contributed by atoms with Crippen molar-refractivity contribution in [3.8, 4) is 0 Å². The number of likely N-dealkylation sites (tertiary alicyclic amines) is 1. The van der Waals surface area contributed by atoms with Gasteiger partial charge >= 0.3 is 0 Å². The number of aliphatic hydroxyl groups excluding tert-OH is 1. The van der Waals surface area contributed by atoms with Gasteiger partial charge in [-0.25, -0.2) is 0 Å². The number of hydrogen-bond donors (Lipinski definition) is 2. The second-order valence-corrected chi connectivity index (χ2v) is 6.00. The molecule has 6 nitrogen and oxygen atoms in total. The minimum absolute atomic E-state index is 0.00463. The zero-order chi connectivity index (χ0) is 15.6. The van der Waals surface area contributed by atoms with Crippen molar-refractivity contribution in [3.05, 3.63) is 30.5 Å². The van der Waals surface area contributed by atoms with Crippen LogP contribution in [-0.4, -0.2) is 56.1 Å². The monoisotopic (exact) mass is 303 g/mol. The highest BCUT2D eigenvalue weighted by Crippen LogP contribution is 2.22. The maximum absolute atomic E-state index is 12.4. The Morgan fingerprint density at radius 1 is 1.27 bits per heavy atom. The van der Waals surface area contributed by atoms with Crippen LogP contribution in [0.2, 0.25) is 0 Å². The zero-order valence-corrected chi connectivity index (χ0v) is 12.5. The number of aliphatic hydroxyl groups is 2. The van der Waals surface area contributed by atoms with Crippen molar-refractivity contribution in [2.75, 3.05) is 19.7 Å². The predicted molar refractivity (Wildman–Crippen MR) is 82.2 cm³/mol. The Kier molecular flexibility index (Phi) is 4.13. The van der Waals surface area contributed by atoms with Gasteiger partial charge < -0.3 is 15.1 Å². The summed E-state index contributed by atoms with van der Waals surface area (Å²) in [6.07, 6.45) is 3.51. The van der Waals surface area contributed by atoms with Crippen LogP contribution < -0.4 is 0 Å². The molecule has 0 saturated carbocycles. The van der Waals surface area contributed by atoms with Gasteiger partial charge in [0, 0.05) is 24.7 Å². The molecule has 1 aliphatic rings. The molecule has 2 heterocycles. The maximum atomic E-state index is 12.4. The molecule has 0 bridgehead atoms. The van der Waals surface area contributed by atoms with E-state index in [-0.39, 0.29) is 19.1 Å². The SMILES string of the molecule is O=C(Cn1cc2ccccc2n1)N1CCC[C@](O)(CO)CC1. The first-order chi connectivity index (χ1) is 10.6. The molecule has 1 aliphatic heterocycles. The van der Waals surface area contributed by atoms with E-state index < -0.39 is 5.60 Å². The number of carbonyl (C=O) groups excluding carboxylic acids is 1. The van der Waals surface area contributed by atoms with E-state index >= 15 is 0 Å². The molecule has 0 spiro atoms. The average Bonchev–Trinajstić information content (AvgIpc) is 2.81. The Morgan fingerprint density at radius 2 is 2.09 bits per heavy atom. The lowest BCUT2D eigenvalue weighted by Gasteiger charge is -2.24. The van der Waals surface area contributed by atoms with E-state index in [2.05, 4.69) is 5.10 Å². The van der Waals surface area contributed by atoms with Gasteiger partial charge in [-0.05, 0) is 25.3 Å². The highest BCUT2D eigenvalue weighted by atomic mass is 16.3. The van der Waals surface area contributed by atoms with E-state index in [1.54, 1.807) is 9.58 Å². The van der Waals surface area contributed by atoms with E-state index in [1.807, 2.05) is 30.5 Å². The molecule has 0 unspecified atom stereocenters. The summed E-state index contributed by atoms with van der Waals surface area (Å²) in [4.78, 5) is 14.2. The Hall–Kier alpha value is -1.92. The van der Waals surface area contributed by atoms with Crippen molar-refractivity contribution in [3.63, 3.8) is 0 Å². The molecule has 1 saturated heterocycles. The quantitative estimate of drug-likeness (QED) is 0.878. The standard InChI is InChI=1S/C16H21N3O3/c20-12-16(22)6-3-8-18(9-7-16)15(21)11-19-10-13-4-1-2-5-14(13)17-19/h1-2,4-5,10,20,22H,3,6-9,11-12H2/t16-/m1/s1. The minimum atomic E-state index is -1.05. The van der Waals surface area contributed by atoms with Crippen LogP contribution in [0.5, 0.6) is 0 Å². The molecular formula is C16H21N3O3. The fourth-order valence-electron chi connectivity index (χ4n) is 2.92. The van der Waals surface area contributed by atoms with Crippen molar-refractivity contribution in [1.29, 1.82) is 0 Å². The molecule has 1 aromatic heterocycles. The van der Waals surface area contributed by atoms with Gasteiger partial charge in [-0.2, -0.15) is 5.10 Å². The van der Waals surface area contributed by atoms with E-state index in [0.717, 1.165) is 10.9 Å². The third kappa shape index (κ3) is 3.13. The van der Waals surface area contributed by atoms with Gasteiger partial charge in [-0.3, -0.25) is 9.48 Å². The second kappa shape index (κ2) is 6.06. The number of hydrogen-bond acceptors (Lipinski definition) is 4. The smallest absolute Gasteiger partial charge is 0.244 e. The van der Waals surface area contributed by atoms with Gasteiger partial charge in [0.2, 0.25) is 5.91 Å². The molecular weight excluding hydrogens is 282 g/mol. The van der Waals surface area contributed by atoms with E-state index in [0.29, 0.717) is 32.4 Å². The van der Waals surface area contributed by atoms with Gasteiger partial charge in [0.05, 0.1) is 17.7 Å². The van der Waals surface area contributed by atoms with Crippen molar-refractivity contribution in [1.82, 2.24) is 14.7 Å². The van der Waals surface area contributed by atoms with Crippen molar-refractivity contribution in [2.45, 2.75) is 31.4 Å². The van der Waals surface area contributed by atoms with Gasteiger partial charge in [-0.15, -0.1) is 0 Å². The highest BCUT2D eigenvalue weighted by molar-refractivity contribution is 5.79. The van der Waals surface area contributed by atoms with Crippen LogP contribution in [0.1, 0.15) is 19.3 Å².